The molecule has 3 N–H and O–H groups in total. The number of esters is 2. The van der Waals surface area contributed by atoms with Crippen LogP contribution < -0.4 is 11.1 Å². The lowest BCUT2D eigenvalue weighted by molar-refractivity contribution is -0.157. The lowest BCUT2D eigenvalue weighted by Crippen LogP contribution is -2.48. The first-order valence-corrected chi connectivity index (χ1v) is 9.39. The third-order valence-corrected chi connectivity index (χ3v) is 4.04. The molecule has 0 aliphatic rings. The van der Waals surface area contributed by atoms with Crippen LogP contribution in [0.25, 0.3) is 0 Å². The van der Waals surface area contributed by atoms with Gasteiger partial charge in [0.1, 0.15) is 11.6 Å². The van der Waals surface area contributed by atoms with E-state index in [4.69, 9.17) is 15.2 Å². The van der Waals surface area contributed by atoms with E-state index < -0.39 is 23.6 Å². The smallest absolute Gasteiger partial charge is 0.322 e. The third kappa shape index (κ3) is 8.10. The van der Waals surface area contributed by atoms with E-state index in [-0.39, 0.29) is 18.5 Å². The molecule has 0 aliphatic carbocycles. The predicted octanol–water partition coefficient (Wildman–Crippen LogP) is 2.62. The van der Waals surface area contributed by atoms with E-state index in [0.717, 1.165) is 5.56 Å². The van der Waals surface area contributed by atoms with Crippen LogP contribution in [-0.4, -0.2) is 43.3 Å². The van der Waals surface area contributed by atoms with E-state index in [9.17, 15) is 9.59 Å². The van der Waals surface area contributed by atoms with E-state index in [2.05, 4.69) is 5.32 Å². The zero-order valence-corrected chi connectivity index (χ0v) is 17.3. The van der Waals surface area contributed by atoms with Crippen LogP contribution in [0.15, 0.2) is 30.3 Å². The Kier molecular flexibility index (Phi) is 8.93. The lowest BCUT2D eigenvalue weighted by atomic mass is 9.91. The van der Waals surface area contributed by atoms with Gasteiger partial charge in [0.15, 0.2) is 0 Å². The van der Waals surface area contributed by atoms with Gasteiger partial charge in [0.2, 0.25) is 0 Å². The Morgan fingerprint density at radius 2 is 1.70 bits per heavy atom. The molecule has 1 aromatic rings. The molecule has 0 saturated heterocycles. The van der Waals surface area contributed by atoms with Crippen LogP contribution in [0, 0.1) is 5.92 Å². The summed E-state index contributed by atoms with van der Waals surface area (Å²) in [5.41, 5.74) is 6.56. The van der Waals surface area contributed by atoms with Gasteiger partial charge in [0.25, 0.3) is 0 Å². The van der Waals surface area contributed by atoms with Gasteiger partial charge in [0, 0.05) is 12.6 Å². The summed E-state index contributed by atoms with van der Waals surface area (Å²) in [7, 11) is 1.37. The summed E-state index contributed by atoms with van der Waals surface area (Å²) < 4.78 is 10.4. The van der Waals surface area contributed by atoms with Gasteiger partial charge < -0.3 is 20.5 Å². The molecule has 3 atom stereocenters. The molecule has 0 saturated carbocycles. The van der Waals surface area contributed by atoms with Gasteiger partial charge in [-0.1, -0.05) is 44.2 Å². The van der Waals surface area contributed by atoms with Gasteiger partial charge in [0.05, 0.1) is 13.0 Å². The fourth-order valence-electron chi connectivity index (χ4n) is 2.86. The van der Waals surface area contributed by atoms with Crippen LogP contribution in [0.3, 0.4) is 0 Å². The van der Waals surface area contributed by atoms with E-state index in [1.807, 2.05) is 65.0 Å². The Morgan fingerprint density at radius 1 is 1.11 bits per heavy atom. The monoisotopic (exact) mass is 378 g/mol. The molecule has 0 radical (unpaired) electrons. The van der Waals surface area contributed by atoms with Gasteiger partial charge in [-0.05, 0) is 38.7 Å². The van der Waals surface area contributed by atoms with Crippen LogP contribution in [0.2, 0.25) is 0 Å². The van der Waals surface area contributed by atoms with Gasteiger partial charge in [-0.3, -0.25) is 9.59 Å². The molecule has 0 spiro atoms. The molecule has 152 valence electrons. The van der Waals surface area contributed by atoms with E-state index >= 15 is 0 Å². The van der Waals surface area contributed by atoms with Gasteiger partial charge in [-0.25, -0.2) is 0 Å². The maximum Gasteiger partial charge on any atom is 0.322 e. The summed E-state index contributed by atoms with van der Waals surface area (Å²) in [6, 6.07) is 8.32. The van der Waals surface area contributed by atoms with Crippen molar-refractivity contribution in [3.63, 3.8) is 0 Å². The first kappa shape index (κ1) is 23.1. The van der Waals surface area contributed by atoms with Crippen molar-refractivity contribution < 1.29 is 19.1 Å². The van der Waals surface area contributed by atoms with Crippen LogP contribution in [0.4, 0.5) is 0 Å². The summed E-state index contributed by atoms with van der Waals surface area (Å²) >= 11 is 0. The Labute approximate surface area is 162 Å². The van der Waals surface area contributed by atoms with Crippen molar-refractivity contribution in [2.45, 2.75) is 64.6 Å². The Balaban J connectivity index is 2.94. The zero-order valence-electron chi connectivity index (χ0n) is 17.3. The summed E-state index contributed by atoms with van der Waals surface area (Å²) in [6.45, 7) is 9.83. The van der Waals surface area contributed by atoms with Gasteiger partial charge in [-0.2, -0.15) is 0 Å². The number of nitrogens with one attached hydrogen (secondary N) is 1. The SMILES string of the molecule is COC(=O)[C@H](CC(C)C)NCC(N)C(C(=O)OC(C)(C)C)c1ccccc1. The van der Waals surface area contributed by atoms with E-state index in [1.165, 1.54) is 7.11 Å². The van der Waals surface area contributed by atoms with E-state index in [1.54, 1.807) is 0 Å². The first-order chi connectivity index (χ1) is 12.5. The topological polar surface area (TPSA) is 90.6 Å². The number of methoxy groups -OCH3 is 1. The predicted molar refractivity (Wildman–Crippen MR) is 106 cm³/mol. The number of benzene rings is 1. The first-order valence-electron chi connectivity index (χ1n) is 9.39. The summed E-state index contributed by atoms with van der Waals surface area (Å²) in [6.07, 6.45) is 0.627. The molecular weight excluding hydrogens is 344 g/mol. The highest BCUT2D eigenvalue weighted by Gasteiger charge is 2.32. The maximum atomic E-state index is 12.8. The lowest BCUT2D eigenvalue weighted by Gasteiger charge is -2.29. The molecule has 0 aliphatic heterocycles. The Hall–Kier alpha value is -1.92. The molecule has 27 heavy (non-hydrogen) atoms. The molecule has 0 heterocycles. The number of ether oxygens (including phenoxy) is 2. The average molecular weight is 379 g/mol. The number of carbonyl (C=O) groups is 2. The highest BCUT2D eigenvalue weighted by Crippen LogP contribution is 2.23. The minimum Gasteiger partial charge on any atom is -0.468 e. The highest BCUT2D eigenvalue weighted by molar-refractivity contribution is 5.79. The second kappa shape index (κ2) is 10.4. The Bertz CT molecular complexity index is 596. The van der Waals surface area contributed by atoms with Crippen LogP contribution >= 0.6 is 0 Å². The molecule has 1 rings (SSSR count). The van der Waals surface area contributed by atoms with Crippen molar-refractivity contribution in [2.24, 2.45) is 11.7 Å². The van der Waals surface area contributed by atoms with Crippen molar-refractivity contribution in [3.05, 3.63) is 35.9 Å². The normalized spacial score (nSPS) is 15.1. The van der Waals surface area contributed by atoms with Crippen LogP contribution in [-0.2, 0) is 19.1 Å². The maximum absolute atomic E-state index is 12.8. The number of hydrogen-bond donors (Lipinski definition) is 2. The quantitative estimate of drug-likeness (QED) is 0.642. The molecular formula is C21H34N2O4. The average Bonchev–Trinajstić information content (AvgIpc) is 2.57. The molecule has 6 heteroatoms. The molecule has 6 nitrogen and oxygen atoms in total. The van der Waals surface area contributed by atoms with Gasteiger partial charge >= 0.3 is 11.9 Å². The zero-order chi connectivity index (χ0) is 20.6. The largest absolute Gasteiger partial charge is 0.468 e. The third-order valence-electron chi connectivity index (χ3n) is 4.04. The van der Waals surface area contributed by atoms with Crippen molar-refractivity contribution in [3.8, 4) is 0 Å². The minimum absolute atomic E-state index is 0.283. The highest BCUT2D eigenvalue weighted by atomic mass is 16.6. The van der Waals surface area contributed by atoms with Crippen LogP contribution in [0.5, 0.6) is 0 Å². The summed E-state index contributed by atoms with van der Waals surface area (Å²) in [5, 5.41) is 3.16. The van der Waals surface area contributed by atoms with E-state index in [0.29, 0.717) is 12.3 Å². The number of nitrogens with two attached hydrogens (primary N) is 1. The molecule has 0 fully saturated rings. The second-order valence-electron chi connectivity index (χ2n) is 8.20. The van der Waals surface area contributed by atoms with Gasteiger partial charge in [-0.15, -0.1) is 0 Å². The molecule has 0 bridgehead atoms. The Morgan fingerprint density at radius 3 is 2.19 bits per heavy atom. The number of rotatable bonds is 9. The fraction of sp³-hybridized carbons (Fsp3) is 0.619. The minimum atomic E-state index is -0.629. The number of hydrogen-bond acceptors (Lipinski definition) is 6. The van der Waals surface area contributed by atoms with Crippen molar-refractivity contribution in [1.82, 2.24) is 5.32 Å². The molecule has 1 aromatic carbocycles. The van der Waals surface area contributed by atoms with Crippen LogP contribution in [0.1, 0.15) is 52.5 Å². The molecule has 0 amide bonds. The summed E-state index contributed by atoms with van der Waals surface area (Å²) in [4.78, 5) is 24.8. The number of carbonyl (C=O) groups excluding carboxylic acids is 2. The summed E-state index contributed by atoms with van der Waals surface area (Å²) in [5.74, 6) is -1.02. The molecule has 2 unspecified atom stereocenters. The van der Waals surface area contributed by atoms with Crippen molar-refractivity contribution in [2.75, 3.05) is 13.7 Å². The van der Waals surface area contributed by atoms with Crippen molar-refractivity contribution >= 4 is 11.9 Å². The standard InChI is InChI=1S/C21H34N2O4/c1-14(2)12-17(19(24)26-6)23-13-16(22)18(15-10-8-7-9-11-15)20(25)27-21(3,4)5/h7-11,14,16-18,23H,12-13,22H2,1-6H3/t16?,17-,18?/m0/s1. The fourth-order valence-corrected chi connectivity index (χ4v) is 2.86. The molecule has 0 aromatic heterocycles. The second-order valence-corrected chi connectivity index (χ2v) is 8.20. The van der Waals surface area contributed by atoms with Crippen molar-refractivity contribution in [1.29, 1.82) is 0 Å².